The minimum Gasteiger partial charge on any atom is -0.326 e. The van der Waals surface area contributed by atoms with Crippen molar-refractivity contribution in [3.05, 3.63) is 76.8 Å². The molecule has 3 rings (SSSR count). The summed E-state index contributed by atoms with van der Waals surface area (Å²) in [6.07, 6.45) is 0.330. The van der Waals surface area contributed by atoms with Crippen LogP contribution >= 0.6 is 23.4 Å². The zero-order valence-electron chi connectivity index (χ0n) is 15.3. The molecule has 140 valence electrons. The van der Waals surface area contributed by atoms with Crippen molar-refractivity contribution in [1.29, 1.82) is 5.26 Å². The van der Waals surface area contributed by atoms with E-state index < -0.39 is 0 Å². The van der Waals surface area contributed by atoms with Gasteiger partial charge in [-0.05, 0) is 43.3 Å². The number of pyridine rings is 1. The highest BCUT2D eigenvalue weighted by atomic mass is 35.5. The number of carbonyl (C=O) groups is 1. The summed E-state index contributed by atoms with van der Waals surface area (Å²) in [6, 6.07) is 20.8. The maximum absolute atomic E-state index is 12.1. The number of aryl methyl sites for hydroxylation is 1. The quantitative estimate of drug-likeness (QED) is 0.532. The molecule has 0 aliphatic heterocycles. The molecule has 0 atom stereocenters. The molecule has 4 nitrogen and oxygen atoms in total. The predicted octanol–water partition coefficient (Wildman–Crippen LogP) is 5.70. The van der Waals surface area contributed by atoms with Crippen molar-refractivity contribution in [1.82, 2.24) is 4.98 Å². The lowest BCUT2D eigenvalue weighted by Gasteiger charge is -2.08. The summed E-state index contributed by atoms with van der Waals surface area (Å²) < 4.78 is 0. The molecule has 28 heavy (non-hydrogen) atoms. The summed E-state index contributed by atoms with van der Waals surface area (Å²) in [5, 5.41) is 13.5. The lowest BCUT2D eigenvalue weighted by molar-refractivity contribution is -0.115. The number of rotatable bonds is 6. The highest BCUT2D eigenvalue weighted by molar-refractivity contribution is 7.99. The Kier molecular flexibility index (Phi) is 6.70. The van der Waals surface area contributed by atoms with Gasteiger partial charge in [0.05, 0.1) is 11.3 Å². The number of carbonyl (C=O) groups excluding carboxylic acids is 1. The van der Waals surface area contributed by atoms with Crippen LogP contribution in [0.3, 0.4) is 0 Å². The molecular formula is C22H18ClN3OS. The van der Waals surface area contributed by atoms with Gasteiger partial charge in [0.15, 0.2) is 0 Å². The first-order valence-corrected chi connectivity index (χ1v) is 10.1. The number of nitrogens with one attached hydrogen (secondary N) is 1. The SMILES string of the molecule is Cc1ccc(NC(=O)CCSc2nc(-c3ccc(Cl)cc3)ccc2C#N)cc1. The number of thioether (sulfide) groups is 1. The average Bonchev–Trinajstić information content (AvgIpc) is 2.70. The van der Waals surface area contributed by atoms with Crippen molar-refractivity contribution in [2.24, 2.45) is 0 Å². The predicted molar refractivity (Wildman–Crippen MR) is 115 cm³/mol. The third-order valence-electron chi connectivity index (χ3n) is 4.02. The van der Waals surface area contributed by atoms with Crippen LogP contribution in [0.1, 0.15) is 17.5 Å². The van der Waals surface area contributed by atoms with Gasteiger partial charge in [-0.2, -0.15) is 5.26 Å². The Bertz CT molecular complexity index is 1010. The lowest BCUT2D eigenvalue weighted by atomic mass is 10.1. The molecule has 0 saturated heterocycles. The van der Waals surface area contributed by atoms with E-state index in [1.54, 1.807) is 18.2 Å². The van der Waals surface area contributed by atoms with Crippen molar-refractivity contribution in [2.75, 3.05) is 11.1 Å². The van der Waals surface area contributed by atoms with E-state index in [0.29, 0.717) is 27.8 Å². The number of nitrogens with zero attached hydrogens (tertiary/aromatic N) is 2. The van der Waals surface area contributed by atoms with E-state index in [-0.39, 0.29) is 5.91 Å². The summed E-state index contributed by atoms with van der Waals surface area (Å²) >= 11 is 7.34. The Balaban J connectivity index is 1.63. The van der Waals surface area contributed by atoms with Crippen LogP contribution in [-0.4, -0.2) is 16.6 Å². The summed E-state index contributed by atoms with van der Waals surface area (Å²) in [5.41, 5.74) is 4.11. The van der Waals surface area contributed by atoms with Crippen molar-refractivity contribution in [3.8, 4) is 17.3 Å². The second-order valence-electron chi connectivity index (χ2n) is 6.18. The number of hydrogen-bond acceptors (Lipinski definition) is 4. The number of halogens is 1. The smallest absolute Gasteiger partial charge is 0.225 e. The number of hydrogen-bond donors (Lipinski definition) is 1. The number of nitriles is 1. The fourth-order valence-corrected chi connectivity index (χ4v) is 3.56. The first-order chi connectivity index (χ1) is 13.5. The molecule has 1 aromatic heterocycles. The van der Waals surface area contributed by atoms with Crippen molar-refractivity contribution in [2.45, 2.75) is 18.4 Å². The van der Waals surface area contributed by atoms with Crippen LogP contribution in [0.5, 0.6) is 0 Å². The Morgan fingerprint density at radius 2 is 1.82 bits per heavy atom. The Morgan fingerprint density at radius 1 is 1.11 bits per heavy atom. The van der Waals surface area contributed by atoms with Crippen LogP contribution in [0.2, 0.25) is 5.02 Å². The molecule has 1 heterocycles. The van der Waals surface area contributed by atoms with E-state index in [4.69, 9.17) is 11.6 Å². The molecule has 1 N–H and O–H groups in total. The van der Waals surface area contributed by atoms with Gasteiger partial charge >= 0.3 is 0 Å². The normalized spacial score (nSPS) is 10.3. The Hall–Kier alpha value is -2.81. The molecule has 2 aromatic carbocycles. The summed E-state index contributed by atoms with van der Waals surface area (Å²) in [4.78, 5) is 16.7. The van der Waals surface area contributed by atoms with E-state index in [0.717, 1.165) is 22.5 Å². The Labute approximate surface area is 173 Å². The zero-order chi connectivity index (χ0) is 19.9. The van der Waals surface area contributed by atoms with Gasteiger partial charge in [-0.1, -0.05) is 41.4 Å². The summed E-state index contributed by atoms with van der Waals surface area (Å²) in [5.74, 6) is 0.465. The highest BCUT2D eigenvalue weighted by Gasteiger charge is 2.10. The Morgan fingerprint density at radius 3 is 2.50 bits per heavy atom. The van der Waals surface area contributed by atoms with Crippen LogP contribution in [0.25, 0.3) is 11.3 Å². The number of aromatic nitrogens is 1. The van der Waals surface area contributed by atoms with Gasteiger partial charge in [0.1, 0.15) is 11.1 Å². The van der Waals surface area contributed by atoms with E-state index in [1.807, 2.05) is 49.4 Å². The van der Waals surface area contributed by atoms with Gasteiger partial charge < -0.3 is 5.32 Å². The number of amides is 1. The van der Waals surface area contributed by atoms with Crippen LogP contribution < -0.4 is 5.32 Å². The van der Waals surface area contributed by atoms with Crippen molar-refractivity contribution < 1.29 is 4.79 Å². The van der Waals surface area contributed by atoms with Crippen LogP contribution in [0, 0.1) is 18.3 Å². The molecule has 0 radical (unpaired) electrons. The van der Waals surface area contributed by atoms with Gasteiger partial charge in [-0.25, -0.2) is 4.98 Å². The molecule has 1 amide bonds. The minimum absolute atomic E-state index is 0.0660. The third kappa shape index (κ3) is 5.35. The maximum atomic E-state index is 12.1. The second-order valence-corrected chi connectivity index (χ2v) is 7.70. The summed E-state index contributed by atoms with van der Waals surface area (Å²) in [6.45, 7) is 2.00. The van der Waals surface area contributed by atoms with Crippen molar-refractivity contribution in [3.63, 3.8) is 0 Å². The van der Waals surface area contributed by atoms with Crippen LogP contribution in [-0.2, 0) is 4.79 Å². The minimum atomic E-state index is -0.0660. The number of benzene rings is 2. The molecular weight excluding hydrogens is 390 g/mol. The second kappa shape index (κ2) is 9.41. The van der Waals surface area contributed by atoms with Crippen molar-refractivity contribution >= 4 is 35.0 Å². The standard InChI is InChI=1S/C22H18ClN3OS/c1-15-2-9-19(10-3-15)25-21(27)12-13-28-22-17(14-24)6-11-20(26-22)16-4-7-18(23)8-5-16/h2-11H,12-13H2,1H3,(H,25,27). The highest BCUT2D eigenvalue weighted by Crippen LogP contribution is 2.26. The fourth-order valence-electron chi connectivity index (χ4n) is 2.52. The molecule has 0 spiro atoms. The summed E-state index contributed by atoms with van der Waals surface area (Å²) in [7, 11) is 0. The fraction of sp³-hybridized carbons (Fsp3) is 0.136. The van der Waals surface area contributed by atoms with Gasteiger partial charge in [-0.15, -0.1) is 11.8 Å². The molecule has 0 fully saturated rings. The van der Waals surface area contributed by atoms with Gasteiger partial charge in [0.25, 0.3) is 0 Å². The topological polar surface area (TPSA) is 65.8 Å². The maximum Gasteiger partial charge on any atom is 0.225 e. The monoisotopic (exact) mass is 407 g/mol. The first-order valence-electron chi connectivity index (χ1n) is 8.71. The lowest BCUT2D eigenvalue weighted by Crippen LogP contribution is -2.12. The van der Waals surface area contributed by atoms with E-state index in [1.165, 1.54) is 11.8 Å². The van der Waals surface area contributed by atoms with Crippen LogP contribution in [0.4, 0.5) is 5.69 Å². The first kappa shape index (κ1) is 19.9. The third-order valence-corrected chi connectivity index (χ3v) is 5.27. The molecule has 6 heteroatoms. The van der Waals surface area contributed by atoms with Crippen LogP contribution in [0.15, 0.2) is 65.7 Å². The molecule has 0 saturated carbocycles. The van der Waals surface area contributed by atoms with E-state index in [9.17, 15) is 10.1 Å². The van der Waals surface area contributed by atoms with E-state index >= 15 is 0 Å². The van der Waals surface area contributed by atoms with Gasteiger partial charge in [0.2, 0.25) is 5.91 Å². The molecule has 0 bridgehead atoms. The number of anilines is 1. The molecule has 0 aliphatic rings. The molecule has 3 aromatic rings. The average molecular weight is 408 g/mol. The largest absolute Gasteiger partial charge is 0.326 e. The zero-order valence-corrected chi connectivity index (χ0v) is 16.8. The van der Waals surface area contributed by atoms with Gasteiger partial charge in [-0.3, -0.25) is 4.79 Å². The van der Waals surface area contributed by atoms with Gasteiger partial charge in [0, 0.05) is 28.4 Å². The van der Waals surface area contributed by atoms with E-state index in [2.05, 4.69) is 16.4 Å². The molecule has 0 unspecified atom stereocenters. The molecule has 0 aliphatic carbocycles.